The number of pyridine rings is 1. The number of hydrogen-bond donors (Lipinski definition) is 1. The molecule has 1 aromatic carbocycles. The molecule has 7 heteroatoms. The van der Waals surface area contributed by atoms with Crippen molar-refractivity contribution in [3.05, 3.63) is 59.7 Å². The highest BCUT2D eigenvalue weighted by molar-refractivity contribution is 5.53. The molecule has 0 saturated heterocycles. The molecule has 0 bridgehead atoms. The molecule has 1 N–H and O–H groups in total. The first-order valence-electron chi connectivity index (χ1n) is 6.03. The summed E-state index contributed by atoms with van der Waals surface area (Å²) in [6.45, 7) is 0. The fourth-order valence-corrected chi connectivity index (χ4v) is 1.82. The Morgan fingerprint density at radius 3 is 2.76 bits per heavy atom. The Morgan fingerprint density at radius 2 is 2.00 bits per heavy atom. The molecule has 21 heavy (non-hydrogen) atoms. The summed E-state index contributed by atoms with van der Waals surface area (Å²) in [7, 11) is 0. The number of rotatable bonds is 3. The van der Waals surface area contributed by atoms with Crippen LogP contribution in [0.25, 0.3) is 11.5 Å². The molecule has 0 spiro atoms. The molecule has 0 unspecified atom stereocenters. The lowest BCUT2D eigenvalue weighted by Gasteiger charge is -1.99. The minimum Gasteiger partial charge on any atom is -0.506 e. The Bertz CT molecular complexity index is 789. The molecule has 2 heterocycles. The summed E-state index contributed by atoms with van der Waals surface area (Å²) >= 11 is 0. The predicted octanol–water partition coefficient (Wildman–Crippen LogP) is 2.71. The zero-order valence-corrected chi connectivity index (χ0v) is 10.6. The van der Waals surface area contributed by atoms with Crippen molar-refractivity contribution < 1.29 is 18.4 Å². The van der Waals surface area contributed by atoms with Gasteiger partial charge < -0.3 is 9.63 Å². The molecule has 0 aliphatic rings. The molecule has 0 aliphatic heterocycles. The maximum Gasteiger partial charge on any atom is 0.259 e. The maximum absolute atomic E-state index is 13.5. The van der Waals surface area contributed by atoms with Gasteiger partial charge in [-0.2, -0.15) is 4.98 Å². The Morgan fingerprint density at radius 1 is 1.14 bits per heavy atom. The summed E-state index contributed by atoms with van der Waals surface area (Å²) in [5.41, 5.74) is 0.714. The van der Waals surface area contributed by atoms with Gasteiger partial charge in [0.1, 0.15) is 17.4 Å². The van der Waals surface area contributed by atoms with Crippen LogP contribution in [-0.2, 0) is 6.42 Å². The number of benzene rings is 1. The monoisotopic (exact) mass is 289 g/mol. The Hall–Kier alpha value is -2.83. The van der Waals surface area contributed by atoms with E-state index in [1.54, 1.807) is 0 Å². The van der Waals surface area contributed by atoms with Crippen LogP contribution in [0.3, 0.4) is 0 Å². The van der Waals surface area contributed by atoms with Gasteiger partial charge in [0.25, 0.3) is 5.89 Å². The third-order valence-corrected chi connectivity index (χ3v) is 2.80. The van der Waals surface area contributed by atoms with Crippen molar-refractivity contribution in [3.63, 3.8) is 0 Å². The van der Waals surface area contributed by atoms with Crippen molar-refractivity contribution in [1.82, 2.24) is 15.1 Å². The molecule has 0 fully saturated rings. The van der Waals surface area contributed by atoms with Crippen LogP contribution in [0.2, 0.25) is 0 Å². The van der Waals surface area contributed by atoms with Gasteiger partial charge in [-0.15, -0.1) is 0 Å². The SMILES string of the molecule is Oc1cncc(-c2nc(Cc3ccc(F)cc3F)no2)c1. The molecular formula is C14H9F2N3O2. The van der Waals surface area contributed by atoms with Crippen LogP contribution in [0.1, 0.15) is 11.4 Å². The number of aromatic nitrogens is 3. The third-order valence-electron chi connectivity index (χ3n) is 2.80. The van der Waals surface area contributed by atoms with Crippen molar-refractivity contribution in [1.29, 1.82) is 0 Å². The normalized spacial score (nSPS) is 10.8. The molecule has 3 aromatic rings. The number of halogens is 2. The fraction of sp³-hybridized carbons (Fsp3) is 0.0714. The highest BCUT2D eigenvalue weighted by atomic mass is 19.1. The Labute approximate surface area is 117 Å². The predicted molar refractivity (Wildman–Crippen MR) is 68.4 cm³/mol. The summed E-state index contributed by atoms with van der Waals surface area (Å²) in [5, 5.41) is 13.1. The lowest BCUT2D eigenvalue weighted by Crippen LogP contribution is -1.95. The Kier molecular flexibility index (Phi) is 3.31. The summed E-state index contributed by atoms with van der Waals surface area (Å²) in [5.74, 6) is -0.928. The van der Waals surface area contributed by atoms with Crippen LogP contribution in [0.4, 0.5) is 8.78 Å². The molecule has 0 atom stereocenters. The van der Waals surface area contributed by atoms with E-state index in [0.717, 1.165) is 6.07 Å². The van der Waals surface area contributed by atoms with E-state index in [9.17, 15) is 13.9 Å². The smallest absolute Gasteiger partial charge is 0.259 e. The van der Waals surface area contributed by atoms with Gasteiger partial charge in [-0.25, -0.2) is 8.78 Å². The lowest BCUT2D eigenvalue weighted by molar-refractivity contribution is 0.422. The molecule has 0 amide bonds. The van der Waals surface area contributed by atoms with Crippen molar-refractivity contribution >= 4 is 0 Å². The van der Waals surface area contributed by atoms with Crippen LogP contribution in [0.5, 0.6) is 5.75 Å². The summed E-state index contributed by atoms with van der Waals surface area (Å²) in [6.07, 6.45) is 2.80. The highest BCUT2D eigenvalue weighted by Gasteiger charge is 2.12. The average molecular weight is 289 g/mol. The zero-order valence-electron chi connectivity index (χ0n) is 10.6. The van der Waals surface area contributed by atoms with Gasteiger partial charge in [-0.05, 0) is 17.7 Å². The molecule has 106 valence electrons. The van der Waals surface area contributed by atoms with E-state index in [1.165, 1.54) is 30.6 Å². The average Bonchev–Trinajstić information content (AvgIpc) is 2.91. The number of hydrogen-bond acceptors (Lipinski definition) is 5. The van der Waals surface area contributed by atoms with E-state index < -0.39 is 11.6 Å². The molecule has 0 radical (unpaired) electrons. The van der Waals surface area contributed by atoms with Gasteiger partial charge in [0.15, 0.2) is 5.82 Å². The second-order valence-corrected chi connectivity index (χ2v) is 4.36. The second-order valence-electron chi connectivity index (χ2n) is 4.36. The Balaban J connectivity index is 1.85. The first-order chi connectivity index (χ1) is 10.1. The van der Waals surface area contributed by atoms with Crippen LogP contribution >= 0.6 is 0 Å². The minimum atomic E-state index is -0.666. The summed E-state index contributed by atoms with van der Waals surface area (Å²) < 4.78 is 31.4. The number of aromatic hydroxyl groups is 1. The molecular weight excluding hydrogens is 280 g/mol. The summed E-state index contributed by atoms with van der Waals surface area (Å²) in [6, 6.07) is 4.72. The largest absolute Gasteiger partial charge is 0.506 e. The van der Waals surface area contributed by atoms with E-state index in [2.05, 4.69) is 15.1 Å². The molecule has 0 aliphatic carbocycles. The first-order valence-corrected chi connectivity index (χ1v) is 6.03. The number of nitrogens with zero attached hydrogens (tertiary/aromatic N) is 3. The van der Waals surface area contributed by atoms with Gasteiger partial charge in [-0.1, -0.05) is 11.2 Å². The van der Waals surface area contributed by atoms with Gasteiger partial charge in [0.2, 0.25) is 0 Å². The quantitative estimate of drug-likeness (QED) is 0.802. The third kappa shape index (κ3) is 2.86. The van der Waals surface area contributed by atoms with Crippen LogP contribution in [0.15, 0.2) is 41.2 Å². The highest BCUT2D eigenvalue weighted by Crippen LogP contribution is 2.21. The topological polar surface area (TPSA) is 72.0 Å². The molecule has 3 rings (SSSR count). The van der Waals surface area contributed by atoms with Gasteiger partial charge in [0.05, 0.1) is 11.8 Å². The van der Waals surface area contributed by atoms with E-state index in [1.807, 2.05) is 0 Å². The second kappa shape index (κ2) is 5.28. The van der Waals surface area contributed by atoms with Crippen molar-refractivity contribution in [3.8, 4) is 17.2 Å². The summed E-state index contributed by atoms with van der Waals surface area (Å²) in [4.78, 5) is 7.89. The van der Waals surface area contributed by atoms with E-state index in [0.29, 0.717) is 5.56 Å². The van der Waals surface area contributed by atoms with Gasteiger partial charge in [0, 0.05) is 18.7 Å². The first kappa shape index (κ1) is 13.2. The molecule has 2 aromatic heterocycles. The van der Waals surface area contributed by atoms with Crippen molar-refractivity contribution in [2.45, 2.75) is 6.42 Å². The lowest BCUT2D eigenvalue weighted by atomic mass is 10.1. The van der Waals surface area contributed by atoms with Crippen molar-refractivity contribution in [2.75, 3.05) is 0 Å². The van der Waals surface area contributed by atoms with Gasteiger partial charge in [-0.3, -0.25) is 4.98 Å². The van der Waals surface area contributed by atoms with E-state index in [4.69, 9.17) is 4.52 Å². The van der Waals surface area contributed by atoms with Gasteiger partial charge >= 0.3 is 0 Å². The zero-order chi connectivity index (χ0) is 14.8. The van der Waals surface area contributed by atoms with Crippen LogP contribution in [0, 0.1) is 11.6 Å². The fourth-order valence-electron chi connectivity index (χ4n) is 1.82. The molecule has 0 saturated carbocycles. The van der Waals surface area contributed by atoms with Crippen LogP contribution < -0.4 is 0 Å². The molecule has 5 nitrogen and oxygen atoms in total. The maximum atomic E-state index is 13.5. The van der Waals surface area contributed by atoms with Crippen molar-refractivity contribution in [2.24, 2.45) is 0 Å². The van der Waals surface area contributed by atoms with E-state index in [-0.39, 0.29) is 29.4 Å². The van der Waals surface area contributed by atoms with Crippen LogP contribution in [-0.4, -0.2) is 20.2 Å². The minimum absolute atomic E-state index is 0.0307. The standard InChI is InChI=1S/C14H9F2N3O2/c15-10-2-1-8(12(16)5-10)4-13-18-14(21-19-13)9-3-11(20)7-17-6-9/h1-3,5-7,20H,4H2. The van der Waals surface area contributed by atoms with E-state index >= 15 is 0 Å².